The third-order valence-corrected chi connectivity index (χ3v) is 6.40. The summed E-state index contributed by atoms with van der Waals surface area (Å²) in [5, 5.41) is 0. The number of allylic oxidation sites excluding steroid dienone is 5. The van der Waals surface area contributed by atoms with E-state index in [0.717, 1.165) is 18.9 Å². The first-order chi connectivity index (χ1) is 17.6. The van der Waals surface area contributed by atoms with Crippen LogP contribution in [0.5, 0.6) is 0 Å². The quantitative estimate of drug-likeness (QED) is 0.252. The topological polar surface area (TPSA) is 29.5 Å². The van der Waals surface area contributed by atoms with Crippen molar-refractivity contribution < 1.29 is 22.7 Å². The average Bonchev–Trinajstić information content (AvgIpc) is 3.33. The summed E-state index contributed by atoms with van der Waals surface area (Å²) in [4.78, 5) is 15.1. The third kappa shape index (κ3) is 9.08. The van der Waals surface area contributed by atoms with E-state index in [2.05, 4.69) is 20.4 Å². The van der Waals surface area contributed by atoms with Crippen molar-refractivity contribution in [2.45, 2.75) is 106 Å². The fourth-order valence-corrected chi connectivity index (χ4v) is 4.77. The zero-order valence-corrected chi connectivity index (χ0v) is 23.8. The molecule has 37 heavy (non-hydrogen) atoms. The van der Waals surface area contributed by atoms with Gasteiger partial charge in [0.2, 0.25) is 5.91 Å². The minimum atomic E-state index is -0.630. The smallest absolute Gasteiger partial charge is 0.229 e. The van der Waals surface area contributed by atoms with Gasteiger partial charge in [0.05, 0.1) is 17.2 Å². The van der Waals surface area contributed by atoms with Gasteiger partial charge >= 0.3 is 0 Å². The lowest BCUT2D eigenvalue weighted by Crippen LogP contribution is -2.52. The number of hydrogen-bond acceptors (Lipinski definition) is 2. The highest BCUT2D eigenvalue weighted by atomic mass is 19.1. The molecule has 0 spiro atoms. The van der Waals surface area contributed by atoms with E-state index in [1.807, 2.05) is 27.7 Å². The zero-order valence-electron chi connectivity index (χ0n) is 23.8. The fraction of sp³-hybridized carbons (Fsp3) is 0.581. The molecule has 1 amide bonds. The maximum atomic E-state index is 13.8. The molecule has 0 aromatic heterocycles. The number of nitrogens with zero attached hydrogens (tertiary/aromatic N) is 1. The Morgan fingerprint density at radius 2 is 1.73 bits per heavy atom. The molecule has 3 rings (SSSR count). The van der Waals surface area contributed by atoms with Crippen molar-refractivity contribution in [1.29, 1.82) is 0 Å². The summed E-state index contributed by atoms with van der Waals surface area (Å²) in [6.45, 7) is 17.9. The number of ether oxygens (including phenoxy) is 1. The number of halogens is 3. The van der Waals surface area contributed by atoms with Crippen LogP contribution in [0.2, 0.25) is 0 Å². The van der Waals surface area contributed by atoms with Gasteiger partial charge < -0.3 is 9.64 Å². The Kier molecular flexibility index (Phi) is 13.8. The number of hydrogen-bond donors (Lipinski definition) is 0. The van der Waals surface area contributed by atoms with Gasteiger partial charge in [-0.05, 0) is 74.4 Å². The molecule has 1 aromatic carbocycles. The number of benzene rings is 1. The number of carbonyl (C=O) groups is 1. The molecule has 0 N–H and O–H groups in total. The minimum absolute atomic E-state index is 0.000631. The van der Waals surface area contributed by atoms with Crippen LogP contribution in [0.25, 0.3) is 0 Å². The van der Waals surface area contributed by atoms with E-state index < -0.39 is 17.0 Å². The molecule has 2 fully saturated rings. The van der Waals surface area contributed by atoms with Crippen LogP contribution >= 0.6 is 0 Å². The van der Waals surface area contributed by atoms with E-state index in [-0.39, 0.29) is 23.9 Å². The van der Waals surface area contributed by atoms with E-state index in [1.165, 1.54) is 24.6 Å². The molecular weight excluding hydrogens is 475 g/mol. The largest absolute Gasteiger partial charge is 0.495 e. The van der Waals surface area contributed by atoms with Crippen LogP contribution in [0.4, 0.5) is 13.2 Å². The fourth-order valence-electron chi connectivity index (χ4n) is 4.77. The highest BCUT2D eigenvalue weighted by Gasteiger charge is 2.51. The predicted octanol–water partition coefficient (Wildman–Crippen LogP) is 9.37. The van der Waals surface area contributed by atoms with Gasteiger partial charge in [-0.2, -0.15) is 0 Å². The zero-order chi connectivity index (χ0) is 28.2. The van der Waals surface area contributed by atoms with Crippen LogP contribution in [-0.4, -0.2) is 23.5 Å². The predicted molar refractivity (Wildman–Crippen MR) is 147 cm³/mol. The highest BCUT2D eigenvalue weighted by Crippen LogP contribution is 2.47. The Hall–Kier alpha value is -2.50. The van der Waals surface area contributed by atoms with Gasteiger partial charge in [-0.1, -0.05) is 54.5 Å². The van der Waals surface area contributed by atoms with Crippen LogP contribution in [0.1, 0.15) is 105 Å². The minimum Gasteiger partial charge on any atom is -0.495 e. The molecule has 1 atom stereocenters. The second-order valence-electron chi connectivity index (χ2n) is 9.87. The maximum absolute atomic E-state index is 13.8. The number of carbonyl (C=O) groups excluding carboxylic acids is 1. The Balaban J connectivity index is 0.00000127. The van der Waals surface area contributed by atoms with Crippen LogP contribution in [0, 0.1) is 17.0 Å². The summed E-state index contributed by atoms with van der Waals surface area (Å²) in [6.07, 6.45) is 8.15. The normalized spacial score (nSPS) is 23.5. The Bertz CT molecular complexity index is 928. The summed E-state index contributed by atoms with van der Waals surface area (Å²) in [6, 6.07) is 3.16. The molecule has 208 valence electrons. The van der Waals surface area contributed by atoms with Crippen molar-refractivity contribution in [3.63, 3.8) is 0 Å². The first-order valence-corrected chi connectivity index (χ1v) is 13.7. The van der Waals surface area contributed by atoms with Gasteiger partial charge in [0.1, 0.15) is 23.6 Å². The molecule has 6 heteroatoms. The number of rotatable bonds is 8. The standard InChI is InChI=1S/C26H32F3NO2.C3H8.C2H6/c1-5-8-21(11-17(3)23(29)6-2)32-22-15-26(4,16-22)25(31)30-10-7-9-24(30)18-12-19(27)14-20(28)13-18;1-3-2;1-2/h6,11-14,22,24H,2,5,7-10,15-16H2,1,3-4H3;3H2,1-2H3;1-2H3/b21-11+,23-17+;;. The van der Waals surface area contributed by atoms with Crippen molar-refractivity contribution in [3.8, 4) is 0 Å². The first-order valence-electron chi connectivity index (χ1n) is 13.7. The molecule has 1 saturated heterocycles. The monoisotopic (exact) mass is 521 g/mol. The molecule has 1 unspecified atom stereocenters. The molecule has 2 aliphatic rings. The van der Waals surface area contributed by atoms with Crippen molar-refractivity contribution in [1.82, 2.24) is 4.90 Å². The molecule has 0 bridgehead atoms. The molecule has 1 heterocycles. The van der Waals surface area contributed by atoms with E-state index >= 15 is 0 Å². The van der Waals surface area contributed by atoms with Crippen LogP contribution in [0.3, 0.4) is 0 Å². The number of amides is 1. The van der Waals surface area contributed by atoms with Crippen molar-refractivity contribution >= 4 is 5.91 Å². The van der Waals surface area contributed by atoms with Gasteiger partial charge in [0, 0.05) is 19.0 Å². The van der Waals surface area contributed by atoms with Gasteiger partial charge in [-0.25, -0.2) is 13.2 Å². The van der Waals surface area contributed by atoms with E-state index in [4.69, 9.17) is 4.74 Å². The van der Waals surface area contributed by atoms with Gasteiger partial charge in [-0.15, -0.1) is 0 Å². The lowest BCUT2D eigenvalue weighted by atomic mass is 9.67. The van der Waals surface area contributed by atoms with Crippen LogP contribution in [-0.2, 0) is 9.53 Å². The average molecular weight is 522 g/mol. The Morgan fingerprint density at radius 3 is 2.24 bits per heavy atom. The molecular formula is C31H46F3NO2. The van der Waals surface area contributed by atoms with E-state index in [9.17, 15) is 18.0 Å². The molecule has 1 aromatic rings. The van der Waals surface area contributed by atoms with Gasteiger partial charge in [0.25, 0.3) is 0 Å². The summed E-state index contributed by atoms with van der Waals surface area (Å²) in [5.74, 6) is -0.940. The SMILES string of the molecule is C=C/C(F)=C(C)\C=C(/CCC)OC1CC(C)(C(=O)N2CCCC2c2cc(F)cc(F)c2)C1.CC.CCC. The Morgan fingerprint density at radius 1 is 1.16 bits per heavy atom. The van der Waals surface area contributed by atoms with E-state index in [0.29, 0.717) is 49.1 Å². The summed E-state index contributed by atoms with van der Waals surface area (Å²) >= 11 is 0. The molecule has 1 aliphatic heterocycles. The summed E-state index contributed by atoms with van der Waals surface area (Å²) in [7, 11) is 0. The molecule has 0 radical (unpaired) electrons. The van der Waals surface area contributed by atoms with Gasteiger partial charge in [-0.3, -0.25) is 4.79 Å². The van der Waals surface area contributed by atoms with Crippen LogP contribution < -0.4 is 0 Å². The summed E-state index contributed by atoms with van der Waals surface area (Å²) in [5.41, 5.74) is 0.390. The highest BCUT2D eigenvalue weighted by molar-refractivity contribution is 5.84. The van der Waals surface area contributed by atoms with Crippen LogP contribution in [0.15, 0.2) is 54.1 Å². The lowest BCUT2D eigenvalue weighted by molar-refractivity contribution is -0.156. The first kappa shape index (κ1) is 32.5. The Labute approximate surface area is 222 Å². The van der Waals surface area contributed by atoms with Crippen molar-refractivity contribution in [2.75, 3.05) is 6.54 Å². The number of likely N-dealkylation sites (tertiary alicyclic amines) is 1. The molecule has 1 saturated carbocycles. The van der Waals surface area contributed by atoms with Crippen molar-refractivity contribution in [3.05, 3.63) is 71.3 Å². The third-order valence-electron chi connectivity index (χ3n) is 6.40. The second kappa shape index (κ2) is 15.7. The lowest BCUT2D eigenvalue weighted by Gasteiger charge is -2.46. The van der Waals surface area contributed by atoms with Crippen molar-refractivity contribution in [2.24, 2.45) is 5.41 Å². The van der Waals surface area contributed by atoms with E-state index in [1.54, 1.807) is 17.9 Å². The van der Waals surface area contributed by atoms with Gasteiger partial charge in [0.15, 0.2) is 0 Å². The molecule has 1 aliphatic carbocycles. The summed E-state index contributed by atoms with van der Waals surface area (Å²) < 4.78 is 47.3. The molecule has 3 nitrogen and oxygen atoms in total. The maximum Gasteiger partial charge on any atom is 0.229 e. The second-order valence-corrected chi connectivity index (χ2v) is 9.87.